The summed E-state index contributed by atoms with van der Waals surface area (Å²) in [7, 11) is 3.65. The van der Waals surface area contributed by atoms with Gasteiger partial charge in [0.05, 0.1) is 18.4 Å². The van der Waals surface area contributed by atoms with Crippen molar-refractivity contribution in [2.45, 2.75) is 37.8 Å². The van der Waals surface area contributed by atoms with Crippen LogP contribution in [-0.2, 0) is 6.54 Å². The maximum absolute atomic E-state index is 10.4. The summed E-state index contributed by atoms with van der Waals surface area (Å²) in [5.41, 5.74) is 0.478. The maximum atomic E-state index is 10.4. The van der Waals surface area contributed by atoms with E-state index < -0.39 is 5.60 Å². The lowest BCUT2D eigenvalue weighted by atomic mass is 10.0. The Bertz CT molecular complexity index is 389. The first-order chi connectivity index (χ1) is 8.61. The molecule has 0 amide bonds. The minimum absolute atomic E-state index is 0.492. The summed E-state index contributed by atoms with van der Waals surface area (Å²) in [4.78, 5) is 6.52. The van der Waals surface area contributed by atoms with E-state index in [-0.39, 0.29) is 0 Å². The summed E-state index contributed by atoms with van der Waals surface area (Å²) >= 11 is 0. The lowest BCUT2D eigenvalue weighted by Gasteiger charge is -2.28. The van der Waals surface area contributed by atoms with Crippen LogP contribution < -0.4 is 4.74 Å². The molecule has 1 aliphatic rings. The highest BCUT2D eigenvalue weighted by Crippen LogP contribution is 2.30. The fourth-order valence-electron chi connectivity index (χ4n) is 2.69. The van der Waals surface area contributed by atoms with Gasteiger partial charge in [-0.25, -0.2) is 4.98 Å². The number of nitrogens with zero attached hydrogens (tertiary/aromatic N) is 2. The molecule has 1 fully saturated rings. The van der Waals surface area contributed by atoms with E-state index in [1.54, 1.807) is 7.11 Å². The normalized spacial score (nSPS) is 18.2. The molecule has 1 N–H and O–H groups in total. The number of aliphatic hydroxyl groups is 1. The minimum Gasteiger partial charge on any atom is -0.481 e. The van der Waals surface area contributed by atoms with E-state index in [1.807, 2.05) is 25.2 Å². The Morgan fingerprint density at radius 1 is 1.39 bits per heavy atom. The minimum atomic E-state index is -0.492. The van der Waals surface area contributed by atoms with Gasteiger partial charge in [-0.15, -0.1) is 0 Å². The summed E-state index contributed by atoms with van der Waals surface area (Å²) in [5, 5.41) is 10.4. The summed E-state index contributed by atoms with van der Waals surface area (Å²) in [6.45, 7) is 1.45. The average Bonchev–Trinajstić information content (AvgIpc) is 2.75. The Kier molecular flexibility index (Phi) is 4.19. The summed E-state index contributed by atoms with van der Waals surface area (Å²) < 4.78 is 5.11. The van der Waals surface area contributed by atoms with Crippen molar-refractivity contribution in [2.75, 3.05) is 20.7 Å². The van der Waals surface area contributed by atoms with Crippen LogP contribution in [0.25, 0.3) is 0 Å². The molecule has 1 aromatic heterocycles. The second-order valence-electron chi connectivity index (χ2n) is 5.28. The van der Waals surface area contributed by atoms with Gasteiger partial charge in [0.2, 0.25) is 5.88 Å². The number of ether oxygens (including phenoxy) is 1. The molecule has 0 spiro atoms. The van der Waals surface area contributed by atoms with Crippen LogP contribution in [0.2, 0.25) is 0 Å². The topological polar surface area (TPSA) is 45.6 Å². The molecule has 0 bridgehead atoms. The maximum Gasteiger partial charge on any atom is 0.213 e. The summed E-state index contributed by atoms with van der Waals surface area (Å²) in [5.74, 6) is 0.639. The molecule has 0 aromatic carbocycles. The highest BCUT2D eigenvalue weighted by molar-refractivity contribution is 5.15. The first kappa shape index (κ1) is 13.3. The van der Waals surface area contributed by atoms with Crippen molar-refractivity contribution in [1.29, 1.82) is 0 Å². The van der Waals surface area contributed by atoms with Gasteiger partial charge in [-0.05, 0) is 26.0 Å². The lowest BCUT2D eigenvalue weighted by Crippen LogP contribution is -2.38. The van der Waals surface area contributed by atoms with E-state index in [9.17, 15) is 5.11 Å². The van der Waals surface area contributed by atoms with Gasteiger partial charge < -0.3 is 9.84 Å². The van der Waals surface area contributed by atoms with Crippen LogP contribution in [0.15, 0.2) is 18.2 Å². The number of hydrogen-bond donors (Lipinski definition) is 1. The van der Waals surface area contributed by atoms with Crippen LogP contribution in [0.1, 0.15) is 31.4 Å². The van der Waals surface area contributed by atoms with Crippen LogP contribution >= 0.6 is 0 Å². The standard InChI is InChI=1S/C14H22N2O2/c1-16(11-14(17)8-3-4-9-14)10-12-6-5-7-13(15-12)18-2/h5-7,17H,3-4,8-11H2,1-2H3. The zero-order valence-electron chi connectivity index (χ0n) is 11.2. The fraction of sp³-hybridized carbons (Fsp3) is 0.643. The smallest absolute Gasteiger partial charge is 0.213 e. The molecule has 0 radical (unpaired) electrons. The molecule has 2 rings (SSSR count). The Balaban J connectivity index is 1.91. The predicted octanol–water partition coefficient (Wildman–Crippen LogP) is 1.83. The van der Waals surface area contributed by atoms with Crippen molar-refractivity contribution in [2.24, 2.45) is 0 Å². The van der Waals surface area contributed by atoms with Crippen LogP contribution in [-0.4, -0.2) is 41.3 Å². The van der Waals surface area contributed by atoms with E-state index in [0.29, 0.717) is 12.4 Å². The molecule has 1 aliphatic carbocycles. The van der Waals surface area contributed by atoms with Crippen LogP contribution in [0, 0.1) is 0 Å². The summed E-state index contributed by atoms with van der Waals surface area (Å²) in [6.07, 6.45) is 4.12. The molecule has 0 unspecified atom stereocenters. The molecule has 1 heterocycles. The fourth-order valence-corrected chi connectivity index (χ4v) is 2.69. The van der Waals surface area contributed by atoms with Crippen molar-refractivity contribution in [3.8, 4) is 5.88 Å². The number of hydrogen-bond acceptors (Lipinski definition) is 4. The third-order valence-corrected chi connectivity index (χ3v) is 3.52. The number of rotatable bonds is 5. The first-order valence-corrected chi connectivity index (χ1v) is 6.52. The van der Waals surface area contributed by atoms with Crippen molar-refractivity contribution >= 4 is 0 Å². The number of likely N-dealkylation sites (N-methyl/N-ethyl adjacent to an activating group) is 1. The SMILES string of the molecule is COc1cccc(CN(C)CC2(O)CCCC2)n1. The monoisotopic (exact) mass is 250 g/mol. The predicted molar refractivity (Wildman–Crippen MR) is 70.5 cm³/mol. The number of pyridine rings is 1. The molecule has 18 heavy (non-hydrogen) atoms. The average molecular weight is 250 g/mol. The van der Waals surface area contributed by atoms with E-state index >= 15 is 0 Å². The van der Waals surface area contributed by atoms with E-state index in [0.717, 1.165) is 37.9 Å². The van der Waals surface area contributed by atoms with Crippen LogP contribution in [0.5, 0.6) is 5.88 Å². The highest BCUT2D eigenvalue weighted by atomic mass is 16.5. The largest absolute Gasteiger partial charge is 0.481 e. The van der Waals surface area contributed by atoms with E-state index in [1.165, 1.54) is 0 Å². The van der Waals surface area contributed by atoms with Gasteiger partial charge in [-0.1, -0.05) is 18.9 Å². The van der Waals surface area contributed by atoms with Gasteiger partial charge >= 0.3 is 0 Å². The van der Waals surface area contributed by atoms with E-state index in [4.69, 9.17) is 4.74 Å². The highest BCUT2D eigenvalue weighted by Gasteiger charge is 2.32. The number of aromatic nitrogens is 1. The third-order valence-electron chi connectivity index (χ3n) is 3.52. The van der Waals surface area contributed by atoms with Crippen molar-refractivity contribution in [3.05, 3.63) is 23.9 Å². The van der Waals surface area contributed by atoms with Crippen LogP contribution in [0.4, 0.5) is 0 Å². The number of methoxy groups -OCH3 is 1. The molecule has 100 valence electrons. The molecule has 4 heteroatoms. The Morgan fingerprint density at radius 2 is 2.11 bits per heavy atom. The van der Waals surface area contributed by atoms with Gasteiger partial charge in [0, 0.05) is 19.2 Å². The molecule has 0 saturated heterocycles. The Morgan fingerprint density at radius 3 is 2.78 bits per heavy atom. The second kappa shape index (κ2) is 5.67. The van der Waals surface area contributed by atoms with Crippen molar-refractivity contribution in [3.63, 3.8) is 0 Å². The van der Waals surface area contributed by atoms with Crippen LogP contribution in [0.3, 0.4) is 0 Å². The van der Waals surface area contributed by atoms with Gasteiger partial charge in [0.25, 0.3) is 0 Å². The molecule has 1 aromatic rings. The molecule has 0 aliphatic heterocycles. The second-order valence-corrected chi connectivity index (χ2v) is 5.28. The lowest BCUT2D eigenvalue weighted by molar-refractivity contribution is 0.0142. The zero-order valence-corrected chi connectivity index (χ0v) is 11.2. The molecule has 4 nitrogen and oxygen atoms in total. The van der Waals surface area contributed by atoms with Crippen molar-refractivity contribution in [1.82, 2.24) is 9.88 Å². The quantitative estimate of drug-likeness (QED) is 0.866. The summed E-state index contributed by atoms with van der Waals surface area (Å²) in [6, 6.07) is 5.77. The van der Waals surface area contributed by atoms with Gasteiger partial charge in [-0.2, -0.15) is 0 Å². The molecular weight excluding hydrogens is 228 g/mol. The van der Waals surface area contributed by atoms with Gasteiger partial charge in [0.15, 0.2) is 0 Å². The zero-order chi connectivity index (χ0) is 13.0. The van der Waals surface area contributed by atoms with E-state index in [2.05, 4.69) is 9.88 Å². The Labute approximate surface area is 109 Å². The third kappa shape index (κ3) is 3.43. The van der Waals surface area contributed by atoms with Crippen molar-refractivity contribution < 1.29 is 9.84 Å². The first-order valence-electron chi connectivity index (χ1n) is 6.52. The molecule has 1 saturated carbocycles. The molecule has 0 atom stereocenters. The van der Waals surface area contributed by atoms with Gasteiger partial charge in [0.1, 0.15) is 0 Å². The Hall–Kier alpha value is -1.13. The van der Waals surface area contributed by atoms with Gasteiger partial charge in [-0.3, -0.25) is 4.90 Å². The molecular formula is C14H22N2O2.